The molecule has 0 radical (unpaired) electrons. The molecule has 1 aromatic rings. The van der Waals surface area contributed by atoms with Crippen LogP contribution >= 0.6 is 0 Å². The second-order valence-corrected chi connectivity index (χ2v) is 4.55. The first-order valence-electron chi connectivity index (χ1n) is 6.20. The fourth-order valence-electron chi connectivity index (χ4n) is 2.39. The van der Waals surface area contributed by atoms with E-state index in [-0.39, 0.29) is 11.3 Å². The van der Waals surface area contributed by atoms with Gasteiger partial charge in [-0.3, -0.25) is 15.0 Å². The van der Waals surface area contributed by atoms with Crippen LogP contribution < -0.4 is 0 Å². The first kappa shape index (κ1) is 13.5. The summed E-state index contributed by atoms with van der Waals surface area (Å²) in [4.78, 5) is 24.5. The summed E-state index contributed by atoms with van der Waals surface area (Å²) >= 11 is 0. The maximum atomic E-state index is 11.6. The zero-order chi connectivity index (χ0) is 13.8. The van der Waals surface area contributed by atoms with E-state index in [1.807, 2.05) is 0 Å². The first-order chi connectivity index (χ1) is 9.13. The number of nitro benzene ring substituents is 1. The van der Waals surface area contributed by atoms with Crippen molar-refractivity contribution in [3.63, 3.8) is 0 Å². The standard InChI is InChI=1S/C13H16N2O4/c1-19-13(16)11-6-4-5-10(12(11)15(17)18)9-14-7-2-3-8-14/h4-6H,2-3,7-9H2,1H3. The third-order valence-corrected chi connectivity index (χ3v) is 3.30. The fraction of sp³-hybridized carbons (Fsp3) is 0.462. The molecule has 1 aromatic carbocycles. The van der Waals surface area contributed by atoms with Crippen molar-refractivity contribution in [1.29, 1.82) is 0 Å². The molecule has 0 saturated carbocycles. The molecule has 0 spiro atoms. The van der Waals surface area contributed by atoms with Crippen LogP contribution in [0, 0.1) is 10.1 Å². The Morgan fingerprint density at radius 3 is 2.68 bits per heavy atom. The lowest BCUT2D eigenvalue weighted by Crippen LogP contribution is -2.20. The van der Waals surface area contributed by atoms with Crippen molar-refractivity contribution in [2.45, 2.75) is 19.4 Å². The lowest BCUT2D eigenvalue weighted by Gasteiger charge is -2.15. The Balaban J connectivity index is 2.36. The number of likely N-dealkylation sites (tertiary alicyclic amines) is 1. The van der Waals surface area contributed by atoms with Crippen LogP contribution in [0.1, 0.15) is 28.8 Å². The molecule has 0 atom stereocenters. The molecular formula is C13H16N2O4. The van der Waals surface area contributed by atoms with E-state index in [2.05, 4.69) is 9.64 Å². The molecule has 0 aliphatic carbocycles. The highest BCUT2D eigenvalue weighted by molar-refractivity contribution is 5.94. The molecule has 0 unspecified atom stereocenters. The smallest absolute Gasteiger partial charge is 0.344 e. The number of benzene rings is 1. The van der Waals surface area contributed by atoms with Crippen LogP contribution in [0.2, 0.25) is 0 Å². The van der Waals surface area contributed by atoms with Crippen LogP contribution in [0.4, 0.5) is 5.69 Å². The highest BCUT2D eigenvalue weighted by Gasteiger charge is 2.26. The van der Waals surface area contributed by atoms with E-state index in [0.717, 1.165) is 25.9 Å². The van der Waals surface area contributed by atoms with Crippen molar-refractivity contribution in [1.82, 2.24) is 4.90 Å². The number of methoxy groups -OCH3 is 1. The number of carbonyl (C=O) groups excluding carboxylic acids is 1. The third-order valence-electron chi connectivity index (χ3n) is 3.30. The number of rotatable bonds is 4. The maximum absolute atomic E-state index is 11.6. The Morgan fingerprint density at radius 1 is 1.42 bits per heavy atom. The van der Waals surface area contributed by atoms with Crippen molar-refractivity contribution in [2.75, 3.05) is 20.2 Å². The van der Waals surface area contributed by atoms with E-state index >= 15 is 0 Å². The summed E-state index contributed by atoms with van der Waals surface area (Å²) < 4.78 is 4.60. The minimum absolute atomic E-state index is 0.0178. The Kier molecular flexibility index (Phi) is 4.11. The average molecular weight is 264 g/mol. The van der Waals surface area contributed by atoms with Crippen LogP contribution in [0.3, 0.4) is 0 Å². The number of para-hydroxylation sites is 1. The summed E-state index contributed by atoms with van der Waals surface area (Å²) in [6.07, 6.45) is 2.23. The maximum Gasteiger partial charge on any atom is 0.344 e. The van der Waals surface area contributed by atoms with Gasteiger partial charge >= 0.3 is 5.97 Å². The van der Waals surface area contributed by atoms with Gasteiger partial charge in [-0.2, -0.15) is 0 Å². The summed E-state index contributed by atoms with van der Waals surface area (Å²) in [6.45, 7) is 2.39. The molecule has 0 amide bonds. The van der Waals surface area contributed by atoms with Crippen LogP contribution in [-0.4, -0.2) is 36.0 Å². The van der Waals surface area contributed by atoms with E-state index in [1.165, 1.54) is 13.2 Å². The van der Waals surface area contributed by atoms with Crippen LogP contribution in [0.5, 0.6) is 0 Å². The van der Waals surface area contributed by atoms with Crippen molar-refractivity contribution in [3.8, 4) is 0 Å². The Bertz CT molecular complexity index is 495. The normalized spacial score (nSPS) is 15.4. The van der Waals surface area contributed by atoms with Crippen LogP contribution in [-0.2, 0) is 11.3 Å². The highest BCUT2D eigenvalue weighted by atomic mass is 16.6. The van der Waals surface area contributed by atoms with E-state index in [0.29, 0.717) is 12.1 Å². The van der Waals surface area contributed by atoms with Gasteiger partial charge in [0.05, 0.1) is 12.0 Å². The minimum Gasteiger partial charge on any atom is -0.465 e. The molecule has 2 rings (SSSR count). The number of ether oxygens (including phenoxy) is 1. The second kappa shape index (κ2) is 5.79. The van der Waals surface area contributed by atoms with Gasteiger partial charge in [-0.25, -0.2) is 4.79 Å². The van der Waals surface area contributed by atoms with Gasteiger partial charge < -0.3 is 4.74 Å². The predicted octanol–water partition coefficient (Wildman–Crippen LogP) is 1.98. The molecule has 19 heavy (non-hydrogen) atoms. The molecule has 1 saturated heterocycles. The van der Waals surface area contributed by atoms with E-state index in [9.17, 15) is 14.9 Å². The lowest BCUT2D eigenvalue weighted by atomic mass is 10.1. The largest absolute Gasteiger partial charge is 0.465 e. The molecule has 0 N–H and O–H groups in total. The Morgan fingerprint density at radius 2 is 2.11 bits per heavy atom. The van der Waals surface area contributed by atoms with Crippen LogP contribution in [0.25, 0.3) is 0 Å². The molecule has 1 fully saturated rings. The fourth-order valence-corrected chi connectivity index (χ4v) is 2.39. The number of hydrogen-bond donors (Lipinski definition) is 0. The summed E-state index contributed by atoms with van der Waals surface area (Å²) in [5, 5.41) is 11.2. The van der Waals surface area contributed by atoms with Crippen LogP contribution in [0.15, 0.2) is 18.2 Å². The van der Waals surface area contributed by atoms with Gasteiger partial charge in [0.1, 0.15) is 5.56 Å². The van der Waals surface area contributed by atoms with Gasteiger partial charge in [-0.05, 0) is 32.0 Å². The number of carbonyl (C=O) groups is 1. The van der Waals surface area contributed by atoms with Crippen molar-refractivity contribution in [2.24, 2.45) is 0 Å². The summed E-state index contributed by atoms with van der Waals surface area (Å²) in [7, 11) is 1.22. The SMILES string of the molecule is COC(=O)c1cccc(CN2CCCC2)c1[N+](=O)[O-]. The quantitative estimate of drug-likeness (QED) is 0.472. The van der Waals surface area contributed by atoms with Crippen molar-refractivity contribution < 1.29 is 14.5 Å². The highest BCUT2D eigenvalue weighted by Crippen LogP contribution is 2.26. The van der Waals surface area contributed by atoms with Crippen molar-refractivity contribution in [3.05, 3.63) is 39.4 Å². The molecule has 6 nitrogen and oxygen atoms in total. The van der Waals surface area contributed by atoms with Gasteiger partial charge in [-0.1, -0.05) is 12.1 Å². The molecule has 0 bridgehead atoms. The lowest BCUT2D eigenvalue weighted by molar-refractivity contribution is -0.386. The number of nitrogens with zero attached hydrogens (tertiary/aromatic N) is 2. The summed E-state index contributed by atoms with van der Waals surface area (Å²) in [5.74, 6) is -0.671. The Hall–Kier alpha value is -1.95. The summed E-state index contributed by atoms with van der Waals surface area (Å²) in [5.41, 5.74) is 0.445. The second-order valence-electron chi connectivity index (χ2n) is 4.55. The Labute approximate surface area is 111 Å². The van der Waals surface area contributed by atoms with Gasteiger partial charge in [0.25, 0.3) is 5.69 Å². The molecule has 102 valence electrons. The third kappa shape index (κ3) is 2.90. The first-order valence-corrected chi connectivity index (χ1v) is 6.20. The summed E-state index contributed by atoms with van der Waals surface area (Å²) in [6, 6.07) is 4.78. The molecule has 1 aliphatic heterocycles. The zero-order valence-corrected chi connectivity index (χ0v) is 10.8. The predicted molar refractivity (Wildman–Crippen MR) is 68.9 cm³/mol. The minimum atomic E-state index is -0.671. The van der Waals surface area contributed by atoms with Gasteiger partial charge in [0.15, 0.2) is 0 Å². The van der Waals surface area contributed by atoms with E-state index < -0.39 is 10.9 Å². The van der Waals surface area contributed by atoms with E-state index in [4.69, 9.17) is 0 Å². The zero-order valence-electron chi connectivity index (χ0n) is 10.8. The molecule has 6 heteroatoms. The van der Waals surface area contributed by atoms with Gasteiger partial charge in [0.2, 0.25) is 0 Å². The number of esters is 1. The number of hydrogen-bond acceptors (Lipinski definition) is 5. The molecular weight excluding hydrogens is 248 g/mol. The molecule has 0 aromatic heterocycles. The average Bonchev–Trinajstić information content (AvgIpc) is 2.90. The number of nitro groups is 1. The monoisotopic (exact) mass is 264 g/mol. The molecule has 1 heterocycles. The van der Waals surface area contributed by atoms with Crippen molar-refractivity contribution >= 4 is 11.7 Å². The van der Waals surface area contributed by atoms with E-state index in [1.54, 1.807) is 12.1 Å². The topological polar surface area (TPSA) is 72.7 Å². The van der Waals surface area contributed by atoms with Gasteiger partial charge in [0, 0.05) is 12.1 Å². The van der Waals surface area contributed by atoms with Gasteiger partial charge in [-0.15, -0.1) is 0 Å². The molecule has 1 aliphatic rings.